The highest BCUT2D eigenvalue weighted by Gasteiger charge is 2.07. The topological polar surface area (TPSA) is 63.2 Å². The second kappa shape index (κ2) is 6.85. The molecule has 0 aliphatic carbocycles. The molecule has 0 aromatic carbocycles. The fourth-order valence-electron chi connectivity index (χ4n) is 1.34. The second-order valence-corrected chi connectivity index (χ2v) is 3.98. The van der Waals surface area contributed by atoms with E-state index in [9.17, 15) is 4.79 Å². The zero-order valence-corrected chi connectivity index (χ0v) is 10.5. The van der Waals surface area contributed by atoms with Gasteiger partial charge >= 0.3 is 0 Å². The van der Waals surface area contributed by atoms with Crippen LogP contribution in [0.5, 0.6) is 0 Å². The largest absolute Gasteiger partial charge is 0.383 e. The first-order chi connectivity index (χ1) is 8.13. The van der Waals surface area contributed by atoms with Crippen molar-refractivity contribution < 1.29 is 9.53 Å². The maximum Gasteiger partial charge on any atom is 0.270 e. The lowest BCUT2D eigenvalue weighted by Gasteiger charge is -2.10. The average molecular weight is 237 g/mol. The number of pyridine rings is 1. The van der Waals surface area contributed by atoms with Crippen LogP contribution in [0.1, 0.15) is 24.3 Å². The minimum atomic E-state index is -0.186. The molecule has 0 saturated carbocycles. The molecule has 94 valence electrons. The summed E-state index contributed by atoms with van der Waals surface area (Å²) in [6.45, 7) is 5.06. The molecule has 2 N–H and O–H groups in total. The number of anilines is 1. The van der Waals surface area contributed by atoms with E-state index in [2.05, 4.69) is 15.6 Å². The van der Waals surface area contributed by atoms with Crippen molar-refractivity contribution in [2.24, 2.45) is 0 Å². The van der Waals surface area contributed by atoms with E-state index < -0.39 is 0 Å². The van der Waals surface area contributed by atoms with Crippen LogP contribution in [0.3, 0.4) is 0 Å². The highest BCUT2D eigenvalue weighted by atomic mass is 16.5. The molecule has 0 saturated heterocycles. The minimum absolute atomic E-state index is 0.186. The number of rotatable bonds is 6. The van der Waals surface area contributed by atoms with Crippen LogP contribution >= 0.6 is 0 Å². The fourth-order valence-corrected chi connectivity index (χ4v) is 1.34. The maximum absolute atomic E-state index is 11.7. The van der Waals surface area contributed by atoms with Crippen molar-refractivity contribution in [3.63, 3.8) is 0 Å². The van der Waals surface area contributed by atoms with Crippen LogP contribution < -0.4 is 10.6 Å². The molecule has 0 unspecified atom stereocenters. The quantitative estimate of drug-likeness (QED) is 0.732. The Balaban J connectivity index is 2.60. The van der Waals surface area contributed by atoms with Crippen molar-refractivity contribution in [2.75, 3.05) is 25.6 Å². The first-order valence-corrected chi connectivity index (χ1v) is 5.63. The van der Waals surface area contributed by atoms with Crippen LogP contribution in [-0.4, -0.2) is 37.2 Å². The number of ether oxygens (including phenoxy) is 1. The van der Waals surface area contributed by atoms with Gasteiger partial charge < -0.3 is 15.4 Å². The van der Waals surface area contributed by atoms with Gasteiger partial charge in [-0.05, 0) is 26.0 Å². The van der Waals surface area contributed by atoms with Crippen molar-refractivity contribution >= 4 is 11.6 Å². The van der Waals surface area contributed by atoms with Crippen LogP contribution in [0.25, 0.3) is 0 Å². The molecule has 0 bridgehead atoms. The average Bonchev–Trinajstić information content (AvgIpc) is 2.28. The van der Waals surface area contributed by atoms with Gasteiger partial charge in [0, 0.05) is 31.6 Å². The van der Waals surface area contributed by atoms with Gasteiger partial charge in [0.15, 0.2) is 0 Å². The summed E-state index contributed by atoms with van der Waals surface area (Å²) in [4.78, 5) is 15.7. The number of carbonyl (C=O) groups excluding carboxylic acids is 1. The van der Waals surface area contributed by atoms with E-state index in [1.54, 1.807) is 19.4 Å². The van der Waals surface area contributed by atoms with Crippen molar-refractivity contribution in [1.29, 1.82) is 0 Å². The molecule has 0 aliphatic heterocycles. The monoisotopic (exact) mass is 237 g/mol. The van der Waals surface area contributed by atoms with E-state index in [4.69, 9.17) is 4.74 Å². The summed E-state index contributed by atoms with van der Waals surface area (Å²) in [7, 11) is 1.59. The van der Waals surface area contributed by atoms with Gasteiger partial charge in [0.2, 0.25) is 0 Å². The lowest BCUT2D eigenvalue weighted by atomic mass is 10.2. The third kappa shape index (κ3) is 4.82. The molecule has 0 fully saturated rings. The molecule has 0 atom stereocenters. The Bertz CT molecular complexity index is 367. The SMILES string of the molecule is COCCNC(=O)c1cc(NC(C)C)ccn1. The molecule has 0 radical (unpaired) electrons. The summed E-state index contributed by atoms with van der Waals surface area (Å²) in [5.41, 5.74) is 1.30. The number of carbonyl (C=O) groups is 1. The van der Waals surface area contributed by atoms with E-state index in [1.807, 2.05) is 19.9 Å². The number of amides is 1. The molecular formula is C12H19N3O2. The maximum atomic E-state index is 11.7. The van der Waals surface area contributed by atoms with E-state index >= 15 is 0 Å². The smallest absolute Gasteiger partial charge is 0.270 e. The number of nitrogens with one attached hydrogen (secondary N) is 2. The Morgan fingerprint density at radius 2 is 2.29 bits per heavy atom. The van der Waals surface area contributed by atoms with Crippen LogP contribution in [0, 0.1) is 0 Å². The van der Waals surface area contributed by atoms with Gasteiger partial charge in [0.05, 0.1) is 6.61 Å². The molecule has 0 aliphatic rings. The van der Waals surface area contributed by atoms with Crippen LogP contribution in [0.15, 0.2) is 18.3 Å². The molecule has 1 heterocycles. The molecule has 17 heavy (non-hydrogen) atoms. The zero-order chi connectivity index (χ0) is 12.7. The zero-order valence-electron chi connectivity index (χ0n) is 10.5. The number of hydrogen-bond acceptors (Lipinski definition) is 4. The lowest BCUT2D eigenvalue weighted by molar-refractivity contribution is 0.0932. The summed E-state index contributed by atoms with van der Waals surface area (Å²) in [5, 5.41) is 5.95. The van der Waals surface area contributed by atoms with Gasteiger partial charge in [-0.1, -0.05) is 0 Å². The molecular weight excluding hydrogens is 218 g/mol. The van der Waals surface area contributed by atoms with Crippen LogP contribution in [-0.2, 0) is 4.74 Å². The summed E-state index contributed by atoms with van der Waals surface area (Å²) < 4.78 is 4.86. The number of hydrogen-bond donors (Lipinski definition) is 2. The Hall–Kier alpha value is -1.62. The van der Waals surface area contributed by atoms with Crippen molar-refractivity contribution in [2.45, 2.75) is 19.9 Å². The van der Waals surface area contributed by atoms with Gasteiger partial charge in [-0.2, -0.15) is 0 Å². The van der Waals surface area contributed by atoms with Gasteiger partial charge in [0.1, 0.15) is 5.69 Å². The van der Waals surface area contributed by atoms with Gasteiger partial charge in [0.25, 0.3) is 5.91 Å². The number of nitrogens with zero attached hydrogens (tertiary/aromatic N) is 1. The number of methoxy groups -OCH3 is 1. The third-order valence-electron chi connectivity index (χ3n) is 2.04. The van der Waals surface area contributed by atoms with E-state index in [1.165, 1.54) is 0 Å². The molecule has 0 spiro atoms. The highest BCUT2D eigenvalue weighted by Crippen LogP contribution is 2.09. The van der Waals surface area contributed by atoms with Crippen LogP contribution in [0.4, 0.5) is 5.69 Å². The first kappa shape index (κ1) is 13.4. The standard InChI is InChI=1S/C12H19N3O2/c1-9(2)15-10-4-5-13-11(8-10)12(16)14-6-7-17-3/h4-5,8-9H,6-7H2,1-3H3,(H,13,15)(H,14,16). The summed E-state index contributed by atoms with van der Waals surface area (Å²) in [6.07, 6.45) is 1.62. The normalized spacial score (nSPS) is 10.4. The van der Waals surface area contributed by atoms with Crippen molar-refractivity contribution in [3.8, 4) is 0 Å². The first-order valence-electron chi connectivity index (χ1n) is 5.63. The Labute approximate surface area is 102 Å². The fraction of sp³-hybridized carbons (Fsp3) is 0.500. The Morgan fingerprint density at radius 1 is 1.53 bits per heavy atom. The van der Waals surface area contributed by atoms with E-state index in [-0.39, 0.29) is 5.91 Å². The second-order valence-electron chi connectivity index (χ2n) is 3.98. The van der Waals surface area contributed by atoms with Crippen molar-refractivity contribution in [3.05, 3.63) is 24.0 Å². The Kier molecular flexibility index (Phi) is 5.42. The summed E-state index contributed by atoms with van der Waals surface area (Å²) in [5.74, 6) is -0.186. The third-order valence-corrected chi connectivity index (χ3v) is 2.04. The van der Waals surface area contributed by atoms with Gasteiger partial charge in [-0.15, -0.1) is 0 Å². The van der Waals surface area contributed by atoms with Gasteiger partial charge in [-0.25, -0.2) is 0 Å². The molecule has 1 aromatic rings. The molecule has 5 nitrogen and oxygen atoms in total. The predicted octanol–water partition coefficient (Wildman–Crippen LogP) is 1.28. The lowest BCUT2D eigenvalue weighted by Crippen LogP contribution is -2.27. The van der Waals surface area contributed by atoms with E-state index in [0.717, 1.165) is 5.69 Å². The van der Waals surface area contributed by atoms with Crippen LogP contribution in [0.2, 0.25) is 0 Å². The molecule has 1 aromatic heterocycles. The summed E-state index contributed by atoms with van der Waals surface area (Å²) >= 11 is 0. The summed E-state index contributed by atoms with van der Waals surface area (Å²) in [6, 6.07) is 3.90. The molecule has 1 rings (SSSR count). The van der Waals surface area contributed by atoms with Crippen molar-refractivity contribution in [1.82, 2.24) is 10.3 Å². The molecule has 1 amide bonds. The minimum Gasteiger partial charge on any atom is -0.383 e. The predicted molar refractivity (Wildman–Crippen MR) is 67.2 cm³/mol. The highest BCUT2D eigenvalue weighted by molar-refractivity contribution is 5.93. The number of aromatic nitrogens is 1. The van der Waals surface area contributed by atoms with E-state index in [0.29, 0.717) is 24.9 Å². The Morgan fingerprint density at radius 3 is 2.94 bits per heavy atom. The van der Waals surface area contributed by atoms with Gasteiger partial charge in [-0.3, -0.25) is 9.78 Å². The molecule has 5 heteroatoms.